The van der Waals surface area contributed by atoms with E-state index in [1.165, 1.54) is 56.6 Å². The number of aromatic nitrogens is 2. The Morgan fingerprint density at radius 2 is 1.71 bits per heavy atom. The van der Waals surface area contributed by atoms with Gasteiger partial charge in [0.2, 0.25) is 0 Å². The number of nitrogens with one attached hydrogen (secondary N) is 1. The summed E-state index contributed by atoms with van der Waals surface area (Å²) in [4.78, 5) is 7.80. The summed E-state index contributed by atoms with van der Waals surface area (Å²) in [6.45, 7) is 11.8. The predicted molar refractivity (Wildman–Crippen MR) is 107 cm³/mol. The molecule has 3 atom stereocenters. The minimum atomic E-state index is 0.501. The Kier molecular flexibility index (Phi) is 5.97. The van der Waals surface area contributed by atoms with E-state index in [0.717, 1.165) is 52.5 Å². The van der Waals surface area contributed by atoms with Crippen molar-refractivity contribution in [2.45, 2.75) is 50.4 Å². The van der Waals surface area contributed by atoms with Crippen molar-refractivity contribution in [1.82, 2.24) is 24.9 Å². The highest BCUT2D eigenvalue weighted by Crippen LogP contribution is 2.29. The number of aromatic amines is 1. The smallest absolute Gasteiger partial charge is 0.0707 e. The van der Waals surface area contributed by atoms with Gasteiger partial charge in [0.15, 0.2) is 0 Å². The molecule has 4 aliphatic heterocycles. The molecule has 2 bridgehead atoms. The van der Waals surface area contributed by atoms with Gasteiger partial charge < -0.3 is 14.4 Å². The molecule has 0 aromatic carbocycles. The monoisotopic (exact) mass is 389 g/mol. The van der Waals surface area contributed by atoms with Gasteiger partial charge in [-0.2, -0.15) is 5.10 Å². The quantitative estimate of drug-likeness (QED) is 0.791. The maximum absolute atomic E-state index is 5.98. The topological polar surface area (TPSA) is 56.9 Å². The van der Waals surface area contributed by atoms with Crippen molar-refractivity contribution < 1.29 is 9.47 Å². The van der Waals surface area contributed by atoms with Gasteiger partial charge in [-0.15, -0.1) is 0 Å². The number of hydrogen-bond acceptors (Lipinski definition) is 6. The zero-order chi connectivity index (χ0) is 18.8. The van der Waals surface area contributed by atoms with E-state index in [9.17, 15) is 0 Å². The van der Waals surface area contributed by atoms with E-state index in [2.05, 4.69) is 24.9 Å². The number of ether oxygens (including phenoxy) is 2. The lowest BCUT2D eigenvalue weighted by atomic mass is 9.92. The summed E-state index contributed by atoms with van der Waals surface area (Å²) in [6.07, 6.45) is 8.14. The third kappa shape index (κ3) is 4.44. The lowest BCUT2D eigenvalue weighted by molar-refractivity contribution is -0.0406. The fourth-order valence-corrected chi connectivity index (χ4v) is 5.46. The molecule has 0 radical (unpaired) electrons. The van der Waals surface area contributed by atoms with Crippen molar-refractivity contribution in [2.24, 2.45) is 0 Å². The number of rotatable bonds is 6. The Hall–Kier alpha value is -0.990. The standard InChI is InChI=1S/C21H35N5O2/c1-2-17(21-18(12-22-23-21)14-25-8-10-27-11-9-25)13-24(5-1)6-7-26-15-19-3-4-20(16-26)28-19/h12,17,19-20H,1-11,13-16H2,(H,22,23). The van der Waals surface area contributed by atoms with E-state index in [1.807, 2.05) is 6.20 Å². The number of morpholine rings is 2. The molecule has 7 nitrogen and oxygen atoms in total. The third-order valence-electron chi connectivity index (χ3n) is 7.01. The fourth-order valence-electron chi connectivity index (χ4n) is 5.46. The largest absolute Gasteiger partial charge is 0.379 e. The van der Waals surface area contributed by atoms with Crippen LogP contribution in [0.2, 0.25) is 0 Å². The molecule has 1 aromatic heterocycles. The van der Waals surface area contributed by atoms with E-state index >= 15 is 0 Å². The lowest BCUT2D eigenvalue weighted by Crippen LogP contribution is -2.47. The van der Waals surface area contributed by atoms with Crippen LogP contribution in [0.4, 0.5) is 0 Å². The van der Waals surface area contributed by atoms with Crippen LogP contribution in [0, 0.1) is 0 Å². The fraction of sp³-hybridized carbons (Fsp3) is 0.857. The minimum Gasteiger partial charge on any atom is -0.379 e. The van der Waals surface area contributed by atoms with Crippen molar-refractivity contribution in [3.8, 4) is 0 Å². The zero-order valence-corrected chi connectivity index (χ0v) is 17.0. The van der Waals surface area contributed by atoms with Gasteiger partial charge in [-0.3, -0.25) is 14.9 Å². The highest BCUT2D eigenvalue weighted by molar-refractivity contribution is 5.21. The first-order valence-electron chi connectivity index (χ1n) is 11.3. The van der Waals surface area contributed by atoms with Crippen LogP contribution in [0.15, 0.2) is 6.20 Å². The van der Waals surface area contributed by atoms with Crippen LogP contribution in [-0.2, 0) is 16.0 Å². The van der Waals surface area contributed by atoms with Crippen molar-refractivity contribution >= 4 is 0 Å². The van der Waals surface area contributed by atoms with Crippen LogP contribution in [0.3, 0.4) is 0 Å². The van der Waals surface area contributed by atoms with Crippen LogP contribution < -0.4 is 0 Å². The maximum atomic E-state index is 5.98. The molecule has 156 valence electrons. The second-order valence-corrected chi connectivity index (χ2v) is 9.05. The average Bonchev–Trinajstić information content (AvgIpc) is 3.33. The summed E-state index contributed by atoms with van der Waals surface area (Å²) in [5, 5.41) is 7.76. The molecule has 1 N–H and O–H groups in total. The highest BCUT2D eigenvalue weighted by Gasteiger charge is 2.34. The predicted octanol–water partition coefficient (Wildman–Crippen LogP) is 1.28. The van der Waals surface area contributed by atoms with Gasteiger partial charge in [0.25, 0.3) is 0 Å². The normalized spacial score (nSPS) is 32.8. The number of likely N-dealkylation sites (tertiary alicyclic amines) is 2. The molecule has 0 amide bonds. The van der Waals surface area contributed by atoms with E-state index < -0.39 is 0 Å². The minimum absolute atomic E-state index is 0.501. The van der Waals surface area contributed by atoms with Crippen LogP contribution in [0.25, 0.3) is 0 Å². The van der Waals surface area contributed by atoms with Crippen molar-refractivity contribution in [3.05, 3.63) is 17.5 Å². The van der Waals surface area contributed by atoms with Crippen LogP contribution >= 0.6 is 0 Å². The van der Waals surface area contributed by atoms with E-state index in [4.69, 9.17) is 9.47 Å². The highest BCUT2D eigenvalue weighted by atomic mass is 16.5. The van der Waals surface area contributed by atoms with Gasteiger partial charge in [0.1, 0.15) is 0 Å². The molecule has 0 aliphatic carbocycles. The lowest BCUT2D eigenvalue weighted by Gasteiger charge is -2.36. The van der Waals surface area contributed by atoms with Gasteiger partial charge in [-0.1, -0.05) is 0 Å². The number of fused-ring (bicyclic) bond motifs is 2. The number of piperidine rings is 1. The Balaban J connectivity index is 1.14. The summed E-state index contributed by atoms with van der Waals surface area (Å²) >= 11 is 0. The van der Waals surface area contributed by atoms with Crippen molar-refractivity contribution in [3.63, 3.8) is 0 Å². The van der Waals surface area contributed by atoms with Crippen molar-refractivity contribution in [1.29, 1.82) is 0 Å². The first-order chi connectivity index (χ1) is 13.8. The van der Waals surface area contributed by atoms with Crippen LogP contribution in [-0.4, -0.2) is 103 Å². The zero-order valence-electron chi connectivity index (χ0n) is 17.0. The van der Waals surface area contributed by atoms with E-state index in [-0.39, 0.29) is 0 Å². The van der Waals surface area contributed by atoms with Gasteiger partial charge in [-0.05, 0) is 32.2 Å². The second-order valence-electron chi connectivity index (χ2n) is 9.05. The SMILES string of the molecule is c1n[nH]c(C2CCCN(CCN3CC4CCC(C3)O4)C2)c1CN1CCOCC1. The molecule has 28 heavy (non-hydrogen) atoms. The third-order valence-corrected chi connectivity index (χ3v) is 7.01. The summed E-state index contributed by atoms with van der Waals surface area (Å²) in [6, 6.07) is 0. The van der Waals surface area contributed by atoms with E-state index in [1.54, 1.807) is 0 Å². The van der Waals surface area contributed by atoms with E-state index in [0.29, 0.717) is 18.1 Å². The first-order valence-corrected chi connectivity index (χ1v) is 11.3. The average molecular weight is 390 g/mol. The molecule has 4 aliphatic rings. The molecule has 4 fully saturated rings. The summed E-state index contributed by atoms with van der Waals surface area (Å²) < 4.78 is 11.5. The number of H-pyrrole nitrogens is 1. The molecular formula is C21H35N5O2. The Labute approximate surface area is 168 Å². The van der Waals surface area contributed by atoms with Gasteiger partial charge in [-0.25, -0.2) is 0 Å². The summed E-state index contributed by atoms with van der Waals surface area (Å²) in [7, 11) is 0. The molecule has 5 heterocycles. The molecular weight excluding hydrogens is 354 g/mol. The number of hydrogen-bond donors (Lipinski definition) is 1. The summed E-state index contributed by atoms with van der Waals surface area (Å²) in [5.41, 5.74) is 2.76. The molecule has 0 spiro atoms. The van der Waals surface area contributed by atoms with Gasteiger partial charge in [0.05, 0.1) is 31.6 Å². The molecule has 7 heteroatoms. The molecule has 4 saturated heterocycles. The van der Waals surface area contributed by atoms with Crippen LogP contribution in [0.1, 0.15) is 42.9 Å². The molecule has 5 rings (SSSR count). The molecule has 0 saturated carbocycles. The van der Waals surface area contributed by atoms with Crippen molar-refractivity contribution in [2.75, 3.05) is 65.6 Å². The maximum Gasteiger partial charge on any atom is 0.0707 e. The summed E-state index contributed by atoms with van der Waals surface area (Å²) in [5.74, 6) is 0.591. The Morgan fingerprint density at radius 1 is 0.929 bits per heavy atom. The van der Waals surface area contributed by atoms with Crippen LogP contribution in [0.5, 0.6) is 0 Å². The molecule has 1 aromatic rings. The Morgan fingerprint density at radius 3 is 2.54 bits per heavy atom. The number of nitrogens with zero attached hydrogens (tertiary/aromatic N) is 4. The van der Waals surface area contributed by atoms with Gasteiger partial charge in [0, 0.05) is 69.5 Å². The Bertz CT molecular complexity index is 620. The molecule has 3 unspecified atom stereocenters. The van der Waals surface area contributed by atoms with Gasteiger partial charge >= 0.3 is 0 Å². The second kappa shape index (κ2) is 8.79. The first kappa shape index (κ1) is 19.0.